The van der Waals surface area contributed by atoms with Gasteiger partial charge in [-0.1, -0.05) is 16.8 Å². The van der Waals surface area contributed by atoms with Crippen molar-refractivity contribution >= 4 is 17.6 Å². The Morgan fingerprint density at radius 1 is 1.31 bits per heavy atom. The van der Waals surface area contributed by atoms with Gasteiger partial charge in [0.25, 0.3) is 0 Å². The Kier molecular flexibility index (Phi) is 7.27. The fourth-order valence-corrected chi connectivity index (χ4v) is 3.44. The molecule has 1 aliphatic heterocycles. The summed E-state index contributed by atoms with van der Waals surface area (Å²) in [4.78, 5) is 8.74. The third kappa shape index (κ3) is 6.04. The molecular weight excluding hydrogens is 404 g/mol. The number of halogens is 3. The highest BCUT2D eigenvalue weighted by atomic mass is 35.5. The van der Waals surface area contributed by atoms with E-state index in [0.717, 1.165) is 44.2 Å². The van der Waals surface area contributed by atoms with Crippen LogP contribution in [0.25, 0.3) is 0 Å². The SMILES string of the molecule is CN=C(NCc1cc(Cl)ccc1OC(F)F)N1CCN(Cc2cc(C)on2)CC1. The summed E-state index contributed by atoms with van der Waals surface area (Å²) in [7, 11) is 1.70. The Bertz CT molecular complexity index is 838. The molecular formula is C19H24ClF2N5O2. The van der Waals surface area contributed by atoms with Crippen LogP contribution in [0, 0.1) is 6.92 Å². The molecule has 1 fully saturated rings. The van der Waals surface area contributed by atoms with E-state index in [1.54, 1.807) is 13.1 Å². The quantitative estimate of drug-likeness (QED) is 0.564. The summed E-state index contributed by atoms with van der Waals surface area (Å²) in [5.74, 6) is 1.60. The second kappa shape index (κ2) is 9.89. The van der Waals surface area contributed by atoms with Crippen molar-refractivity contribution in [3.05, 3.63) is 46.3 Å². The number of hydrogen-bond donors (Lipinski definition) is 1. The summed E-state index contributed by atoms with van der Waals surface area (Å²) in [5.41, 5.74) is 1.46. The van der Waals surface area contributed by atoms with Gasteiger partial charge in [0.15, 0.2) is 5.96 Å². The first kappa shape index (κ1) is 21.3. The first-order valence-electron chi connectivity index (χ1n) is 9.28. The molecule has 2 aromatic rings. The lowest BCUT2D eigenvalue weighted by atomic mass is 10.2. The molecule has 1 saturated heterocycles. The second-order valence-electron chi connectivity index (χ2n) is 6.72. The maximum atomic E-state index is 12.6. The van der Waals surface area contributed by atoms with Gasteiger partial charge in [0.1, 0.15) is 11.5 Å². The largest absolute Gasteiger partial charge is 0.434 e. The molecule has 0 unspecified atom stereocenters. The van der Waals surface area contributed by atoms with Crippen LogP contribution in [-0.4, -0.2) is 60.8 Å². The van der Waals surface area contributed by atoms with E-state index in [4.69, 9.17) is 16.1 Å². The van der Waals surface area contributed by atoms with Gasteiger partial charge >= 0.3 is 6.61 Å². The standard InChI is InChI=1S/C19H24ClF2N5O2/c1-13-9-16(25-29-13)12-26-5-7-27(8-6-26)19(23-2)24-11-14-10-15(20)3-4-17(14)28-18(21)22/h3-4,9-10,18H,5-8,11-12H2,1-2H3,(H,23,24). The third-order valence-corrected chi connectivity index (χ3v) is 4.86. The predicted molar refractivity (Wildman–Crippen MR) is 106 cm³/mol. The number of ether oxygens (including phenoxy) is 1. The van der Waals surface area contributed by atoms with Crippen molar-refractivity contribution in [2.45, 2.75) is 26.6 Å². The Morgan fingerprint density at radius 3 is 2.69 bits per heavy atom. The van der Waals surface area contributed by atoms with Crippen LogP contribution in [0.15, 0.2) is 33.8 Å². The Hall–Kier alpha value is -2.39. The number of rotatable bonds is 6. The highest BCUT2D eigenvalue weighted by Crippen LogP contribution is 2.24. The van der Waals surface area contributed by atoms with Gasteiger partial charge in [-0.05, 0) is 25.1 Å². The number of hydrogen-bond acceptors (Lipinski definition) is 5. The summed E-state index contributed by atoms with van der Waals surface area (Å²) in [6.07, 6.45) is 0. The van der Waals surface area contributed by atoms with Crippen LogP contribution in [0.2, 0.25) is 5.02 Å². The van der Waals surface area contributed by atoms with Gasteiger partial charge in [0, 0.05) is 63.0 Å². The molecule has 10 heteroatoms. The van der Waals surface area contributed by atoms with Crippen molar-refractivity contribution in [2.24, 2.45) is 4.99 Å². The number of aliphatic imine (C=N–C) groups is 1. The summed E-state index contributed by atoms with van der Waals surface area (Å²) >= 11 is 6.01. The average Bonchev–Trinajstić information content (AvgIpc) is 3.10. The van der Waals surface area contributed by atoms with E-state index in [-0.39, 0.29) is 12.3 Å². The van der Waals surface area contributed by atoms with Crippen LogP contribution in [0.1, 0.15) is 17.0 Å². The smallest absolute Gasteiger partial charge is 0.387 e. The Balaban J connectivity index is 1.54. The van der Waals surface area contributed by atoms with E-state index in [9.17, 15) is 8.78 Å². The van der Waals surface area contributed by atoms with Crippen LogP contribution >= 0.6 is 11.6 Å². The van der Waals surface area contributed by atoms with Crippen LogP contribution in [-0.2, 0) is 13.1 Å². The molecule has 1 aromatic heterocycles. The molecule has 0 spiro atoms. The molecule has 0 bridgehead atoms. The number of nitrogens with zero attached hydrogens (tertiary/aromatic N) is 4. The lowest BCUT2D eigenvalue weighted by Crippen LogP contribution is -2.52. The fourth-order valence-electron chi connectivity index (χ4n) is 3.24. The maximum Gasteiger partial charge on any atom is 0.387 e. The Morgan fingerprint density at radius 2 is 2.07 bits per heavy atom. The number of piperazine rings is 1. The lowest BCUT2D eigenvalue weighted by molar-refractivity contribution is -0.0504. The number of aromatic nitrogens is 1. The molecule has 158 valence electrons. The van der Waals surface area contributed by atoms with Gasteiger partial charge in [0.2, 0.25) is 0 Å². The molecule has 0 amide bonds. The number of aryl methyl sites for hydroxylation is 1. The topological polar surface area (TPSA) is 66.1 Å². The van der Waals surface area contributed by atoms with Gasteiger partial charge < -0.3 is 19.5 Å². The highest BCUT2D eigenvalue weighted by Gasteiger charge is 2.21. The number of guanidine groups is 1. The van der Waals surface area contributed by atoms with E-state index < -0.39 is 6.61 Å². The zero-order chi connectivity index (χ0) is 20.8. The van der Waals surface area contributed by atoms with Gasteiger partial charge in [-0.2, -0.15) is 8.78 Å². The monoisotopic (exact) mass is 427 g/mol. The van der Waals surface area contributed by atoms with Crippen LogP contribution in [0.5, 0.6) is 5.75 Å². The zero-order valence-corrected chi connectivity index (χ0v) is 17.1. The van der Waals surface area contributed by atoms with E-state index in [2.05, 4.69) is 30.0 Å². The number of nitrogens with one attached hydrogen (secondary N) is 1. The van der Waals surface area contributed by atoms with E-state index in [0.29, 0.717) is 16.5 Å². The summed E-state index contributed by atoms with van der Waals surface area (Å²) in [6.45, 7) is 3.27. The molecule has 3 rings (SSSR count). The Labute approximate surface area is 173 Å². The zero-order valence-electron chi connectivity index (χ0n) is 16.4. The minimum Gasteiger partial charge on any atom is -0.434 e. The van der Waals surface area contributed by atoms with Crippen molar-refractivity contribution in [1.29, 1.82) is 0 Å². The molecule has 1 aromatic carbocycles. The summed E-state index contributed by atoms with van der Waals surface area (Å²) in [6, 6.07) is 6.51. The van der Waals surface area contributed by atoms with Gasteiger partial charge in [-0.15, -0.1) is 0 Å². The third-order valence-electron chi connectivity index (χ3n) is 4.62. The molecule has 0 aliphatic carbocycles. The number of benzene rings is 1. The molecule has 2 heterocycles. The van der Waals surface area contributed by atoms with Crippen LogP contribution in [0.3, 0.4) is 0 Å². The van der Waals surface area contributed by atoms with Crippen molar-refractivity contribution in [3.63, 3.8) is 0 Å². The van der Waals surface area contributed by atoms with Crippen molar-refractivity contribution in [3.8, 4) is 5.75 Å². The van der Waals surface area contributed by atoms with Crippen molar-refractivity contribution in [2.75, 3.05) is 33.2 Å². The van der Waals surface area contributed by atoms with Gasteiger partial charge in [0.05, 0.1) is 5.69 Å². The predicted octanol–water partition coefficient (Wildman–Crippen LogP) is 3.13. The lowest BCUT2D eigenvalue weighted by Gasteiger charge is -2.36. The first-order valence-corrected chi connectivity index (χ1v) is 9.66. The first-order chi connectivity index (χ1) is 13.9. The van der Waals surface area contributed by atoms with Gasteiger partial charge in [-0.25, -0.2) is 0 Å². The summed E-state index contributed by atoms with van der Waals surface area (Å²) < 4.78 is 35.0. The minimum atomic E-state index is -2.89. The van der Waals surface area contributed by atoms with E-state index >= 15 is 0 Å². The fraction of sp³-hybridized carbons (Fsp3) is 0.474. The molecule has 0 radical (unpaired) electrons. The van der Waals surface area contributed by atoms with Crippen LogP contribution < -0.4 is 10.1 Å². The minimum absolute atomic E-state index is 0.0973. The molecule has 0 saturated carbocycles. The van der Waals surface area contributed by atoms with Crippen molar-refractivity contribution < 1.29 is 18.0 Å². The maximum absolute atomic E-state index is 12.6. The highest BCUT2D eigenvalue weighted by molar-refractivity contribution is 6.30. The second-order valence-corrected chi connectivity index (χ2v) is 7.16. The number of alkyl halides is 2. The van der Waals surface area contributed by atoms with Crippen LogP contribution in [0.4, 0.5) is 8.78 Å². The van der Waals surface area contributed by atoms with E-state index in [1.165, 1.54) is 12.1 Å². The normalized spacial score (nSPS) is 15.8. The molecule has 29 heavy (non-hydrogen) atoms. The van der Waals surface area contributed by atoms with E-state index in [1.807, 2.05) is 13.0 Å². The van der Waals surface area contributed by atoms with Crippen molar-refractivity contribution in [1.82, 2.24) is 20.3 Å². The summed E-state index contributed by atoms with van der Waals surface area (Å²) in [5, 5.41) is 7.70. The molecule has 1 N–H and O–H groups in total. The van der Waals surface area contributed by atoms with Gasteiger partial charge in [-0.3, -0.25) is 9.89 Å². The average molecular weight is 428 g/mol. The molecule has 0 atom stereocenters. The molecule has 7 nitrogen and oxygen atoms in total. The molecule has 1 aliphatic rings.